The molecule has 0 radical (unpaired) electrons. The van der Waals surface area contributed by atoms with Crippen LogP contribution < -0.4 is 15.8 Å². The first-order valence-corrected chi connectivity index (χ1v) is 6.57. The van der Waals surface area contributed by atoms with Gasteiger partial charge in [0, 0.05) is 5.69 Å². The molecule has 0 fully saturated rings. The van der Waals surface area contributed by atoms with Crippen LogP contribution in [-0.4, -0.2) is 24.0 Å². The fraction of sp³-hybridized carbons (Fsp3) is 0. The summed E-state index contributed by atoms with van der Waals surface area (Å²) < 4.78 is 0. The Morgan fingerprint density at radius 3 is 2.17 bits per heavy atom. The van der Waals surface area contributed by atoms with Crippen molar-refractivity contribution in [2.24, 2.45) is 5.10 Å². The summed E-state index contributed by atoms with van der Waals surface area (Å²) in [5, 5.41) is 16.6. The number of nitrogens with zero attached hydrogens (tertiary/aromatic N) is 1. The number of para-hydroxylation sites is 1. The van der Waals surface area contributed by atoms with Crippen molar-refractivity contribution in [3.8, 4) is 0 Å². The first kappa shape index (κ1) is 15.9. The van der Waals surface area contributed by atoms with Crippen molar-refractivity contribution >= 4 is 29.7 Å². The minimum atomic E-state index is -1.28. The summed E-state index contributed by atoms with van der Waals surface area (Å²) in [6.07, 6.45) is 1.28. The molecule has 23 heavy (non-hydrogen) atoms. The maximum Gasteiger partial charge on any atom is 0.329 e. The van der Waals surface area contributed by atoms with Gasteiger partial charge < -0.3 is 15.2 Å². The van der Waals surface area contributed by atoms with Crippen LogP contribution in [0.15, 0.2) is 59.7 Å². The first-order valence-electron chi connectivity index (χ1n) is 6.57. The summed E-state index contributed by atoms with van der Waals surface area (Å²) >= 11 is 0. The van der Waals surface area contributed by atoms with Gasteiger partial charge in [0.05, 0.1) is 12.2 Å². The van der Waals surface area contributed by atoms with Crippen molar-refractivity contribution in [2.75, 3.05) is 5.32 Å². The van der Waals surface area contributed by atoms with Gasteiger partial charge in [-0.15, -0.1) is 0 Å². The third-order valence-electron chi connectivity index (χ3n) is 2.76. The van der Waals surface area contributed by atoms with Gasteiger partial charge in [-0.3, -0.25) is 9.59 Å². The quantitative estimate of drug-likeness (QED) is 0.475. The largest absolute Gasteiger partial charge is 0.545 e. The molecular formula is C16H12N3O4-. The lowest BCUT2D eigenvalue weighted by molar-refractivity contribution is -0.255. The summed E-state index contributed by atoms with van der Waals surface area (Å²) in [7, 11) is 0. The Balaban J connectivity index is 1.88. The zero-order valence-electron chi connectivity index (χ0n) is 11.9. The van der Waals surface area contributed by atoms with Crippen LogP contribution in [0.2, 0.25) is 0 Å². The first-order chi connectivity index (χ1) is 11.1. The zero-order valence-corrected chi connectivity index (χ0v) is 11.9. The van der Waals surface area contributed by atoms with Crippen LogP contribution in [0, 0.1) is 0 Å². The zero-order chi connectivity index (χ0) is 16.7. The van der Waals surface area contributed by atoms with E-state index in [1.54, 1.807) is 30.3 Å². The van der Waals surface area contributed by atoms with Crippen molar-refractivity contribution in [1.82, 2.24) is 5.43 Å². The SMILES string of the molecule is O=C(N/N=C\c1ccc(C(=O)[O-])cc1)C(=O)Nc1ccccc1. The maximum atomic E-state index is 11.6. The van der Waals surface area contributed by atoms with E-state index in [0.717, 1.165) is 0 Å². The number of amides is 2. The van der Waals surface area contributed by atoms with Gasteiger partial charge in [0.25, 0.3) is 0 Å². The second kappa shape index (κ2) is 7.51. The van der Waals surface area contributed by atoms with Gasteiger partial charge in [0.1, 0.15) is 0 Å². The lowest BCUT2D eigenvalue weighted by atomic mass is 10.1. The second-order valence-corrected chi connectivity index (χ2v) is 4.43. The molecule has 7 nitrogen and oxygen atoms in total. The topological polar surface area (TPSA) is 111 Å². The molecule has 2 rings (SSSR count). The fourth-order valence-corrected chi connectivity index (χ4v) is 1.63. The van der Waals surface area contributed by atoms with Crippen LogP contribution >= 0.6 is 0 Å². The molecular weight excluding hydrogens is 298 g/mol. The molecule has 0 bridgehead atoms. The molecule has 116 valence electrons. The number of hydrogen-bond acceptors (Lipinski definition) is 5. The van der Waals surface area contributed by atoms with Crippen LogP contribution in [0.25, 0.3) is 0 Å². The number of carbonyl (C=O) groups excluding carboxylic acids is 3. The third kappa shape index (κ3) is 4.78. The second-order valence-electron chi connectivity index (χ2n) is 4.43. The highest BCUT2D eigenvalue weighted by molar-refractivity contribution is 6.39. The number of carboxylic acids is 1. The number of aromatic carboxylic acids is 1. The van der Waals surface area contributed by atoms with Gasteiger partial charge >= 0.3 is 11.8 Å². The predicted molar refractivity (Wildman–Crippen MR) is 81.6 cm³/mol. The van der Waals surface area contributed by atoms with Crippen molar-refractivity contribution in [1.29, 1.82) is 0 Å². The van der Waals surface area contributed by atoms with Crippen molar-refractivity contribution in [3.05, 3.63) is 65.7 Å². The standard InChI is InChI=1S/C16H13N3O4/c20-14(18-13-4-2-1-3-5-13)15(21)19-17-10-11-6-8-12(9-7-11)16(22)23/h1-10H,(H,18,20)(H,19,21)(H,22,23)/p-1/b17-10-. The lowest BCUT2D eigenvalue weighted by Gasteiger charge is -2.03. The Labute approximate surface area is 131 Å². The molecule has 7 heteroatoms. The van der Waals surface area contributed by atoms with E-state index in [0.29, 0.717) is 11.3 Å². The number of hydrazone groups is 1. The highest BCUT2D eigenvalue weighted by atomic mass is 16.4. The van der Waals surface area contributed by atoms with E-state index >= 15 is 0 Å². The Kier molecular flexibility index (Phi) is 5.19. The Bertz CT molecular complexity index is 740. The van der Waals surface area contributed by atoms with Crippen LogP contribution in [0.3, 0.4) is 0 Å². The molecule has 0 heterocycles. The van der Waals surface area contributed by atoms with Crippen molar-refractivity contribution in [3.63, 3.8) is 0 Å². The van der Waals surface area contributed by atoms with Gasteiger partial charge in [0.15, 0.2) is 0 Å². The molecule has 2 amide bonds. The smallest absolute Gasteiger partial charge is 0.329 e. The number of rotatable bonds is 4. The number of benzene rings is 2. The van der Waals surface area contributed by atoms with Crippen LogP contribution in [0.5, 0.6) is 0 Å². The van der Waals surface area contributed by atoms with E-state index in [2.05, 4.69) is 15.8 Å². The van der Waals surface area contributed by atoms with Gasteiger partial charge in [-0.1, -0.05) is 42.5 Å². The Morgan fingerprint density at radius 2 is 1.57 bits per heavy atom. The summed E-state index contributed by atoms with van der Waals surface area (Å²) in [5.74, 6) is -3.04. The van der Waals surface area contributed by atoms with Crippen molar-refractivity contribution in [2.45, 2.75) is 0 Å². The summed E-state index contributed by atoms with van der Waals surface area (Å²) in [4.78, 5) is 33.8. The molecule has 0 aliphatic heterocycles. The van der Waals surface area contributed by atoms with E-state index in [-0.39, 0.29) is 5.56 Å². The van der Waals surface area contributed by atoms with E-state index in [9.17, 15) is 19.5 Å². The van der Waals surface area contributed by atoms with E-state index in [1.165, 1.54) is 30.5 Å². The molecule has 2 aromatic carbocycles. The molecule has 0 aliphatic rings. The average molecular weight is 310 g/mol. The fourth-order valence-electron chi connectivity index (χ4n) is 1.63. The van der Waals surface area contributed by atoms with Crippen molar-refractivity contribution < 1.29 is 19.5 Å². The molecule has 0 unspecified atom stereocenters. The van der Waals surface area contributed by atoms with Crippen LogP contribution in [0.4, 0.5) is 5.69 Å². The summed E-state index contributed by atoms with van der Waals surface area (Å²) in [5.41, 5.74) is 3.16. The summed E-state index contributed by atoms with van der Waals surface area (Å²) in [6.45, 7) is 0. The average Bonchev–Trinajstić information content (AvgIpc) is 2.56. The molecule has 0 saturated heterocycles. The third-order valence-corrected chi connectivity index (χ3v) is 2.76. The van der Waals surface area contributed by atoms with E-state index in [1.807, 2.05) is 0 Å². The Morgan fingerprint density at radius 1 is 0.913 bits per heavy atom. The molecule has 0 spiro atoms. The van der Waals surface area contributed by atoms with E-state index in [4.69, 9.17) is 0 Å². The number of carboxylic acid groups (broad SMARTS) is 1. The monoisotopic (exact) mass is 310 g/mol. The molecule has 0 aromatic heterocycles. The van der Waals surface area contributed by atoms with Crippen LogP contribution in [0.1, 0.15) is 15.9 Å². The molecule has 2 N–H and O–H groups in total. The molecule has 0 aliphatic carbocycles. The predicted octanol–water partition coefficient (Wildman–Crippen LogP) is 0.139. The number of carbonyl (C=O) groups is 3. The highest BCUT2D eigenvalue weighted by Crippen LogP contribution is 2.04. The van der Waals surface area contributed by atoms with Gasteiger partial charge in [-0.05, 0) is 23.3 Å². The van der Waals surface area contributed by atoms with Gasteiger partial charge in [0.2, 0.25) is 0 Å². The van der Waals surface area contributed by atoms with E-state index < -0.39 is 17.8 Å². The number of hydrogen-bond donors (Lipinski definition) is 2. The van der Waals surface area contributed by atoms with Gasteiger partial charge in [-0.25, -0.2) is 5.43 Å². The molecule has 0 saturated carbocycles. The number of nitrogens with one attached hydrogen (secondary N) is 2. The minimum absolute atomic E-state index is 0.0356. The lowest BCUT2D eigenvalue weighted by Crippen LogP contribution is -2.32. The van der Waals surface area contributed by atoms with Gasteiger partial charge in [-0.2, -0.15) is 5.10 Å². The van der Waals surface area contributed by atoms with Crippen LogP contribution in [-0.2, 0) is 9.59 Å². The molecule has 2 aromatic rings. The Hall–Kier alpha value is -3.48. The maximum absolute atomic E-state index is 11.6. The summed E-state index contributed by atoms with van der Waals surface area (Å²) in [6, 6.07) is 14.2. The normalized spacial score (nSPS) is 10.3. The minimum Gasteiger partial charge on any atom is -0.545 e. The highest BCUT2D eigenvalue weighted by Gasteiger charge is 2.12. The number of anilines is 1. The molecule has 0 atom stereocenters.